The first-order chi connectivity index (χ1) is 9.10. The van der Waals surface area contributed by atoms with Gasteiger partial charge >= 0.3 is 0 Å². The van der Waals surface area contributed by atoms with Crippen LogP contribution < -0.4 is 0 Å². The van der Waals surface area contributed by atoms with Crippen molar-refractivity contribution in [3.8, 4) is 6.07 Å². The monoisotopic (exact) mass is 264 g/mol. The second-order valence-electron chi connectivity index (χ2n) is 4.16. The van der Waals surface area contributed by atoms with Crippen molar-refractivity contribution < 1.29 is 13.9 Å². The van der Waals surface area contributed by atoms with Crippen LogP contribution in [0.2, 0.25) is 0 Å². The van der Waals surface area contributed by atoms with Gasteiger partial charge in [0.1, 0.15) is 5.82 Å². The molecular formula is C14H17FN2O2. The molecular weight excluding hydrogens is 247 g/mol. The van der Waals surface area contributed by atoms with Crippen molar-refractivity contribution in [2.24, 2.45) is 0 Å². The zero-order valence-corrected chi connectivity index (χ0v) is 11.1. The number of halogens is 1. The van der Waals surface area contributed by atoms with Crippen LogP contribution >= 0.6 is 0 Å². The molecule has 0 radical (unpaired) electrons. The van der Waals surface area contributed by atoms with E-state index in [4.69, 9.17) is 10.00 Å². The van der Waals surface area contributed by atoms with E-state index in [-0.39, 0.29) is 17.9 Å². The second-order valence-corrected chi connectivity index (χ2v) is 4.16. The number of aryl methyl sites for hydroxylation is 1. The summed E-state index contributed by atoms with van der Waals surface area (Å²) < 4.78 is 18.4. The number of carbonyl (C=O) groups excluding carboxylic acids is 1. The van der Waals surface area contributed by atoms with Gasteiger partial charge in [-0.2, -0.15) is 5.26 Å². The second kappa shape index (κ2) is 7.49. The Morgan fingerprint density at radius 1 is 1.47 bits per heavy atom. The number of carbonyl (C=O) groups is 1. The Kier molecular flexibility index (Phi) is 5.97. The van der Waals surface area contributed by atoms with Crippen LogP contribution in [-0.2, 0) is 4.74 Å². The molecule has 102 valence electrons. The topological polar surface area (TPSA) is 53.3 Å². The van der Waals surface area contributed by atoms with Gasteiger partial charge in [-0.15, -0.1) is 0 Å². The molecule has 0 spiro atoms. The van der Waals surface area contributed by atoms with Gasteiger partial charge in [0.2, 0.25) is 0 Å². The fourth-order valence-corrected chi connectivity index (χ4v) is 1.61. The lowest BCUT2D eigenvalue weighted by atomic mass is 10.1. The lowest BCUT2D eigenvalue weighted by molar-refractivity contribution is 0.0699. The average Bonchev–Trinajstić information content (AvgIpc) is 2.41. The SMILES string of the molecule is COCCN(CCC#N)C(=O)c1ccc(C)c(F)c1. The molecule has 4 nitrogen and oxygen atoms in total. The van der Waals surface area contributed by atoms with E-state index in [0.29, 0.717) is 25.3 Å². The smallest absolute Gasteiger partial charge is 0.254 e. The molecule has 0 fully saturated rings. The summed E-state index contributed by atoms with van der Waals surface area (Å²) in [6.45, 7) is 2.72. The van der Waals surface area contributed by atoms with E-state index in [1.165, 1.54) is 11.0 Å². The molecule has 1 rings (SSSR count). The normalized spacial score (nSPS) is 10.0. The molecule has 0 heterocycles. The lowest BCUT2D eigenvalue weighted by Crippen LogP contribution is -2.34. The molecule has 0 N–H and O–H groups in total. The molecule has 19 heavy (non-hydrogen) atoms. The summed E-state index contributed by atoms with van der Waals surface area (Å²) in [4.78, 5) is 13.7. The van der Waals surface area contributed by atoms with Crippen molar-refractivity contribution in [1.82, 2.24) is 4.90 Å². The van der Waals surface area contributed by atoms with E-state index in [1.54, 1.807) is 26.2 Å². The summed E-state index contributed by atoms with van der Waals surface area (Å²) in [6.07, 6.45) is 0.240. The van der Waals surface area contributed by atoms with Gasteiger partial charge in [-0.25, -0.2) is 4.39 Å². The first kappa shape index (κ1) is 15.1. The van der Waals surface area contributed by atoms with Gasteiger partial charge in [0, 0.05) is 25.8 Å². The van der Waals surface area contributed by atoms with Crippen LogP contribution in [0.25, 0.3) is 0 Å². The number of ether oxygens (including phenoxy) is 1. The number of hydrogen-bond acceptors (Lipinski definition) is 3. The minimum absolute atomic E-state index is 0.240. The predicted octanol–water partition coefficient (Wildman–Crippen LogP) is 2.14. The van der Waals surface area contributed by atoms with Gasteiger partial charge < -0.3 is 9.64 Å². The molecule has 5 heteroatoms. The molecule has 0 aliphatic rings. The van der Waals surface area contributed by atoms with Gasteiger partial charge in [0.15, 0.2) is 0 Å². The summed E-state index contributed by atoms with van der Waals surface area (Å²) in [5.41, 5.74) is 0.786. The molecule has 0 bridgehead atoms. The third-order valence-corrected chi connectivity index (χ3v) is 2.76. The van der Waals surface area contributed by atoms with Gasteiger partial charge in [0.05, 0.1) is 19.1 Å². The maximum atomic E-state index is 13.5. The van der Waals surface area contributed by atoms with Gasteiger partial charge in [-0.3, -0.25) is 4.79 Å². The Morgan fingerprint density at radius 2 is 2.21 bits per heavy atom. The average molecular weight is 264 g/mol. The molecule has 0 unspecified atom stereocenters. The Bertz CT molecular complexity index is 483. The summed E-state index contributed by atoms with van der Waals surface area (Å²) in [7, 11) is 1.54. The molecule has 0 aliphatic carbocycles. The van der Waals surface area contributed by atoms with Crippen LogP contribution in [0.15, 0.2) is 18.2 Å². The Balaban J connectivity index is 2.84. The van der Waals surface area contributed by atoms with E-state index in [9.17, 15) is 9.18 Å². The lowest BCUT2D eigenvalue weighted by Gasteiger charge is -2.21. The van der Waals surface area contributed by atoms with Crippen LogP contribution in [0.5, 0.6) is 0 Å². The summed E-state index contributed by atoms with van der Waals surface area (Å²) in [6, 6.07) is 6.38. The minimum Gasteiger partial charge on any atom is -0.383 e. The summed E-state index contributed by atoms with van der Waals surface area (Å²) >= 11 is 0. The number of benzene rings is 1. The number of nitriles is 1. The first-order valence-electron chi connectivity index (χ1n) is 6.01. The predicted molar refractivity (Wildman–Crippen MR) is 69.1 cm³/mol. The number of hydrogen-bond donors (Lipinski definition) is 0. The number of methoxy groups -OCH3 is 1. The van der Waals surface area contributed by atoms with E-state index >= 15 is 0 Å². The highest BCUT2D eigenvalue weighted by molar-refractivity contribution is 5.94. The van der Waals surface area contributed by atoms with Gasteiger partial charge in [-0.05, 0) is 24.6 Å². The van der Waals surface area contributed by atoms with E-state index in [2.05, 4.69) is 0 Å². The van der Waals surface area contributed by atoms with Crippen LogP contribution in [-0.4, -0.2) is 37.6 Å². The summed E-state index contributed by atoms with van der Waals surface area (Å²) in [5.74, 6) is -0.691. The van der Waals surface area contributed by atoms with Crippen molar-refractivity contribution in [1.29, 1.82) is 5.26 Å². The van der Waals surface area contributed by atoms with Crippen molar-refractivity contribution in [3.05, 3.63) is 35.1 Å². The molecule has 0 atom stereocenters. The molecule has 0 aliphatic heterocycles. The third kappa shape index (κ3) is 4.34. The summed E-state index contributed by atoms with van der Waals surface area (Å²) in [5, 5.41) is 8.59. The van der Waals surface area contributed by atoms with E-state index in [0.717, 1.165) is 0 Å². The Labute approximate surface area is 112 Å². The van der Waals surface area contributed by atoms with E-state index < -0.39 is 5.82 Å². The highest BCUT2D eigenvalue weighted by Crippen LogP contribution is 2.12. The highest BCUT2D eigenvalue weighted by atomic mass is 19.1. The maximum Gasteiger partial charge on any atom is 0.254 e. The van der Waals surface area contributed by atoms with Gasteiger partial charge in [0.25, 0.3) is 5.91 Å². The Morgan fingerprint density at radius 3 is 2.79 bits per heavy atom. The zero-order chi connectivity index (χ0) is 14.3. The van der Waals surface area contributed by atoms with Gasteiger partial charge in [-0.1, -0.05) is 6.07 Å². The van der Waals surface area contributed by atoms with Crippen molar-refractivity contribution >= 4 is 5.91 Å². The standard InChI is InChI=1S/C14H17FN2O2/c1-11-4-5-12(10-13(11)15)14(18)17(7-3-6-16)8-9-19-2/h4-5,10H,3,7-9H2,1-2H3. The first-order valence-corrected chi connectivity index (χ1v) is 6.01. The number of amides is 1. The largest absolute Gasteiger partial charge is 0.383 e. The molecule has 1 aromatic rings. The number of rotatable bonds is 6. The van der Waals surface area contributed by atoms with Crippen molar-refractivity contribution in [2.75, 3.05) is 26.8 Å². The van der Waals surface area contributed by atoms with Crippen LogP contribution in [0.3, 0.4) is 0 Å². The minimum atomic E-state index is -0.405. The maximum absolute atomic E-state index is 13.5. The third-order valence-electron chi connectivity index (χ3n) is 2.76. The van der Waals surface area contributed by atoms with Crippen LogP contribution in [0, 0.1) is 24.1 Å². The van der Waals surface area contributed by atoms with Crippen LogP contribution in [0.4, 0.5) is 4.39 Å². The zero-order valence-electron chi connectivity index (χ0n) is 11.1. The van der Waals surface area contributed by atoms with Crippen molar-refractivity contribution in [2.45, 2.75) is 13.3 Å². The molecule has 1 amide bonds. The van der Waals surface area contributed by atoms with E-state index in [1.807, 2.05) is 6.07 Å². The fraction of sp³-hybridized carbons (Fsp3) is 0.429. The Hall–Kier alpha value is -1.93. The highest BCUT2D eigenvalue weighted by Gasteiger charge is 2.16. The van der Waals surface area contributed by atoms with Crippen molar-refractivity contribution in [3.63, 3.8) is 0 Å². The molecule has 0 saturated heterocycles. The molecule has 0 saturated carbocycles. The quantitative estimate of drug-likeness (QED) is 0.791. The number of nitrogens with zero attached hydrogens (tertiary/aromatic N) is 2. The molecule has 0 aromatic heterocycles. The van der Waals surface area contributed by atoms with Crippen LogP contribution in [0.1, 0.15) is 22.3 Å². The molecule has 1 aromatic carbocycles. The fourth-order valence-electron chi connectivity index (χ4n) is 1.61.